The van der Waals surface area contributed by atoms with Crippen molar-refractivity contribution < 1.29 is 27.8 Å². The van der Waals surface area contributed by atoms with Crippen LogP contribution in [0.1, 0.15) is 20.8 Å². The summed E-state index contributed by atoms with van der Waals surface area (Å²) in [4.78, 5) is 28.4. The number of hydrogen-bond acceptors (Lipinski definition) is 6. The maximum atomic E-state index is 13.4. The summed E-state index contributed by atoms with van der Waals surface area (Å²) in [7, 11) is 1.36. The number of thiazole rings is 1. The van der Waals surface area contributed by atoms with Gasteiger partial charge in [0.25, 0.3) is 11.8 Å². The Bertz CT molecular complexity index is 1140. The molecule has 1 aromatic heterocycles. The summed E-state index contributed by atoms with van der Waals surface area (Å²) in [6, 6.07) is 6.40. The zero-order chi connectivity index (χ0) is 22.5. The lowest BCUT2D eigenvalue weighted by Gasteiger charge is -2.13. The van der Waals surface area contributed by atoms with E-state index in [0.717, 1.165) is 17.0 Å². The number of aromatic nitrogens is 1. The van der Waals surface area contributed by atoms with Crippen LogP contribution >= 0.6 is 22.9 Å². The molecule has 0 bridgehead atoms. The van der Waals surface area contributed by atoms with Gasteiger partial charge in [-0.25, -0.2) is 13.8 Å². The Labute approximate surface area is 184 Å². The van der Waals surface area contributed by atoms with Gasteiger partial charge in [-0.05, 0) is 29.8 Å². The van der Waals surface area contributed by atoms with Crippen LogP contribution in [-0.2, 0) is 11.2 Å². The smallest absolute Gasteiger partial charge is 0.257 e. The number of primary amides is 1. The van der Waals surface area contributed by atoms with E-state index < -0.39 is 30.1 Å². The molecule has 0 aliphatic carbocycles. The predicted octanol–water partition coefficient (Wildman–Crippen LogP) is 3.79. The number of benzene rings is 2. The summed E-state index contributed by atoms with van der Waals surface area (Å²) in [6.45, 7) is -0.401. The first-order chi connectivity index (χ1) is 14.8. The molecule has 0 radical (unpaired) electrons. The Kier molecular flexibility index (Phi) is 7.03. The first-order valence-corrected chi connectivity index (χ1v) is 9.95. The number of anilines is 1. The molecule has 1 heterocycles. The molecule has 0 saturated heterocycles. The van der Waals surface area contributed by atoms with E-state index in [4.69, 9.17) is 26.8 Å². The quantitative estimate of drug-likeness (QED) is 0.524. The molecule has 0 saturated carbocycles. The van der Waals surface area contributed by atoms with Gasteiger partial charge in [0.15, 0.2) is 34.9 Å². The van der Waals surface area contributed by atoms with Crippen molar-refractivity contribution in [1.29, 1.82) is 0 Å². The number of ether oxygens (including phenoxy) is 2. The zero-order valence-electron chi connectivity index (χ0n) is 16.1. The van der Waals surface area contributed by atoms with Gasteiger partial charge >= 0.3 is 0 Å². The van der Waals surface area contributed by atoms with Crippen LogP contribution in [0.15, 0.2) is 36.5 Å². The highest BCUT2D eigenvalue weighted by molar-refractivity contribution is 7.15. The molecular weight excluding hydrogens is 452 g/mol. The first-order valence-electron chi connectivity index (χ1n) is 8.75. The third kappa shape index (κ3) is 5.68. The number of methoxy groups -OCH3 is 1. The van der Waals surface area contributed by atoms with E-state index in [-0.39, 0.29) is 22.1 Å². The summed E-state index contributed by atoms with van der Waals surface area (Å²) in [5.74, 6) is -2.80. The minimum absolute atomic E-state index is 0.0592. The molecule has 11 heteroatoms. The number of nitrogens with two attached hydrogens (primary N) is 1. The molecule has 3 rings (SSSR count). The van der Waals surface area contributed by atoms with Gasteiger partial charge in [0, 0.05) is 23.1 Å². The number of carbonyl (C=O) groups excluding carboxylic acids is 2. The summed E-state index contributed by atoms with van der Waals surface area (Å²) in [5.41, 5.74) is 5.80. The van der Waals surface area contributed by atoms with Gasteiger partial charge in [0.2, 0.25) is 0 Å². The SMILES string of the molecule is COc1cc(C(=O)Nc2ncc(Cc3ccc(F)c(F)c3)s2)cc(Cl)c1OCC(N)=O. The fraction of sp³-hybridized carbons (Fsp3) is 0.150. The average molecular weight is 468 g/mol. The molecular formula is C20H16ClF2N3O4S. The third-order valence-corrected chi connectivity index (χ3v) is 5.18. The maximum Gasteiger partial charge on any atom is 0.257 e. The molecule has 0 unspecified atom stereocenters. The standard InChI is InChI=1S/C20H16ClF2N3O4S/c1-29-16-7-11(6-13(21)18(16)30-9-17(24)27)19(28)26-20-25-8-12(31-20)4-10-2-3-14(22)15(23)5-10/h2-3,5-8H,4,9H2,1H3,(H2,24,27)(H,25,26,28). The zero-order valence-corrected chi connectivity index (χ0v) is 17.7. The molecule has 7 nitrogen and oxygen atoms in total. The Morgan fingerprint density at radius 1 is 1.23 bits per heavy atom. The molecule has 0 spiro atoms. The second-order valence-corrected chi connectivity index (χ2v) is 7.78. The van der Waals surface area contributed by atoms with Crippen molar-refractivity contribution in [2.45, 2.75) is 6.42 Å². The van der Waals surface area contributed by atoms with Crippen LogP contribution in [-0.4, -0.2) is 30.5 Å². The summed E-state index contributed by atoms with van der Waals surface area (Å²) in [6.07, 6.45) is 1.87. The fourth-order valence-electron chi connectivity index (χ4n) is 2.60. The predicted molar refractivity (Wildman–Crippen MR) is 112 cm³/mol. The van der Waals surface area contributed by atoms with E-state index in [1.807, 2.05) is 0 Å². The van der Waals surface area contributed by atoms with Crippen LogP contribution in [0.25, 0.3) is 0 Å². The summed E-state index contributed by atoms with van der Waals surface area (Å²) < 4.78 is 36.8. The average Bonchev–Trinajstić information content (AvgIpc) is 3.15. The number of amides is 2. The molecule has 2 aromatic carbocycles. The summed E-state index contributed by atoms with van der Waals surface area (Å²) in [5, 5.41) is 3.01. The monoisotopic (exact) mass is 467 g/mol. The molecule has 162 valence electrons. The molecule has 3 N–H and O–H groups in total. The van der Waals surface area contributed by atoms with E-state index >= 15 is 0 Å². The highest BCUT2D eigenvalue weighted by atomic mass is 35.5. The number of nitrogens with zero attached hydrogens (tertiary/aromatic N) is 1. The van der Waals surface area contributed by atoms with Crippen molar-refractivity contribution in [2.24, 2.45) is 5.73 Å². The molecule has 3 aromatic rings. The Balaban J connectivity index is 1.72. The van der Waals surface area contributed by atoms with Crippen molar-refractivity contribution in [3.63, 3.8) is 0 Å². The number of carbonyl (C=O) groups is 2. The van der Waals surface area contributed by atoms with Crippen molar-refractivity contribution in [1.82, 2.24) is 4.98 Å². The van der Waals surface area contributed by atoms with E-state index in [1.165, 1.54) is 42.8 Å². The highest BCUT2D eigenvalue weighted by Crippen LogP contribution is 2.36. The van der Waals surface area contributed by atoms with Crippen molar-refractivity contribution >= 4 is 39.9 Å². The Morgan fingerprint density at radius 3 is 2.68 bits per heavy atom. The Hall–Kier alpha value is -3.24. The maximum absolute atomic E-state index is 13.4. The fourth-order valence-corrected chi connectivity index (χ4v) is 3.71. The topological polar surface area (TPSA) is 104 Å². The van der Waals surface area contributed by atoms with E-state index in [0.29, 0.717) is 17.1 Å². The van der Waals surface area contributed by atoms with E-state index in [2.05, 4.69) is 10.3 Å². The van der Waals surface area contributed by atoms with Gasteiger partial charge in [-0.1, -0.05) is 17.7 Å². The van der Waals surface area contributed by atoms with Gasteiger partial charge in [0.1, 0.15) is 0 Å². The van der Waals surface area contributed by atoms with Gasteiger partial charge in [-0.3, -0.25) is 14.9 Å². The Morgan fingerprint density at radius 2 is 2.00 bits per heavy atom. The number of halogens is 3. The second kappa shape index (κ2) is 9.71. The minimum atomic E-state index is -0.926. The van der Waals surface area contributed by atoms with Crippen LogP contribution in [0.4, 0.5) is 13.9 Å². The van der Waals surface area contributed by atoms with E-state index in [9.17, 15) is 18.4 Å². The molecule has 0 aliphatic heterocycles. The highest BCUT2D eigenvalue weighted by Gasteiger charge is 2.18. The van der Waals surface area contributed by atoms with Crippen molar-refractivity contribution in [2.75, 3.05) is 19.0 Å². The number of rotatable bonds is 8. The molecule has 0 fully saturated rings. The number of nitrogens with one attached hydrogen (secondary N) is 1. The van der Waals surface area contributed by atoms with Gasteiger partial charge in [0.05, 0.1) is 12.1 Å². The van der Waals surface area contributed by atoms with Gasteiger partial charge < -0.3 is 15.2 Å². The van der Waals surface area contributed by atoms with Crippen LogP contribution in [0.2, 0.25) is 5.02 Å². The molecule has 31 heavy (non-hydrogen) atoms. The molecule has 0 atom stereocenters. The molecule has 2 amide bonds. The van der Waals surface area contributed by atoms with Crippen LogP contribution in [0.5, 0.6) is 11.5 Å². The minimum Gasteiger partial charge on any atom is -0.493 e. The van der Waals surface area contributed by atoms with Gasteiger partial charge in [-0.2, -0.15) is 0 Å². The second-order valence-electron chi connectivity index (χ2n) is 6.26. The largest absolute Gasteiger partial charge is 0.493 e. The van der Waals surface area contributed by atoms with E-state index in [1.54, 1.807) is 0 Å². The normalized spacial score (nSPS) is 10.6. The third-order valence-electron chi connectivity index (χ3n) is 3.99. The summed E-state index contributed by atoms with van der Waals surface area (Å²) >= 11 is 7.34. The van der Waals surface area contributed by atoms with Crippen molar-refractivity contribution in [3.05, 3.63) is 69.2 Å². The first kappa shape index (κ1) is 22.4. The van der Waals surface area contributed by atoms with Crippen molar-refractivity contribution in [3.8, 4) is 11.5 Å². The van der Waals surface area contributed by atoms with Gasteiger partial charge in [-0.15, -0.1) is 11.3 Å². The lowest BCUT2D eigenvalue weighted by molar-refractivity contribution is -0.119. The van der Waals surface area contributed by atoms with Crippen LogP contribution < -0.4 is 20.5 Å². The lowest BCUT2D eigenvalue weighted by Crippen LogP contribution is -2.20. The number of hydrogen-bond donors (Lipinski definition) is 2. The lowest BCUT2D eigenvalue weighted by atomic mass is 10.1. The molecule has 0 aliphatic rings. The van der Waals surface area contributed by atoms with Crippen LogP contribution in [0.3, 0.4) is 0 Å². The van der Waals surface area contributed by atoms with Crippen LogP contribution in [0, 0.1) is 11.6 Å².